The van der Waals surface area contributed by atoms with E-state index in [0.29, 0.717) is 22.3 Å². The van der Waals surface area contributed by atoms with Crippen LogP contribution in [0.15, 0.2) is 66.7 Å². The van der Waals surface area contributed by atoms with Crippen molar-refractivity contribution in [3.63, 3.8) is 0 Å². The Labute approximate surface area is 178 Å². The van der Waals surface area contributed by atoms with Crippen LogP contribution in [0.25, 0.3) is 23.1 Å². The Bertz CT molecular complexity index is 1300. The Kier molecular flexibility index (Phi) is 4.74. The van der Waals surface area contributed by atoms with Crippen molar-refractivity contribution in [1.29, 1.82) is 0 Å². The van der Waals surface area contributed by atoms with Crippen LogP contribution < -0.4 is 4.74 Å². The van der Waals surface area contributed by atoms with E-state index in [1.54, 1.807) is 12.1 Å². The van der Waals surface area contributed by atoms with Crippen molar-refractivity contribution >= 4 is 34.7 Å². The smallest absolute Gasteiger partial charge is 0.142 e. The van der Waals surface area contributed by atoms with Crippen molar-refractivity contribution in [2.75, 3.05) is 0 Å². The predicted octanol–water partition coefficient (Wildman–Crippen LogP) is 6.17. The summed E-state index contributed by atoms with van der Waals surface area (Å²) in [6.07, 6.45) is 3.28. The monoisotopic (exact) mass is 417 g/mol. The van der Waals surface area contributed by atoms with Crippen LogP contribution in [-0.4, -0.2) is 10.1 Å². The van der Waals surface area contributed by atoms with Crippen molar-refractivity contribution in [1.82, 2.24) is 4.98 Å². The highest BCUT2D eigenvalue weighted by Crippen LogP contribution is 2.34. The Morgan fingerprint density at radius 1 is 0.933 bits per heavy atom. The molecule has 1 aliphatic carbocycles. The molecule has 4 aromatic rings. The topological polar surface area (TPSA) is 42.4 Å². The van der Waals surface area contributed by atoms with Crippen molar-refractivity contribution in [2.24, 2.45) is 0 Å². The van der Waals surface area contributed by atoms with Gasteiger partial charge in [0.25, 0.3) is 0 Å². The average Bonchev–Trinajstić information content (AvgIpc) is 2.90. The SMILES string of the molecule is OC1c2ccccc2C=Cc2ccc(OCc3ccc4cc(F)c(Cl)cc4n3)cc21. The number of aromatic nitrogens is 1. The predicted molar refractivity (Wildman–Crippen MR) is 117 cm³/mol. The molecule has 5 rings (SSSR count). The molecule has 1 aromatic heterocycles. The van der Waals surface area contributed by atoms with Crippen molar-refractivity contribution < 1.29 is 14.2 Å². The zero-order valence-corrected chi connectivity index (χ0v) is 16.6. The van der Waals surface area contributed by atoms with Crippen LogP contribution in [0.3, 0.4) is 0 Å². The minimum atomic E-state index is -0.731. The van der Waals surface area contributed by atoms with Crippen LogP contribution in [0.2, 0.25) is 5.02 Å². The molecule has 148 valence electrons. The number of benzene rings is 3. The summed E-state index contributed by atoms with van der Waals surface area (Å²) in [6, 6.07) is 19.9. The molecule has 30 heavy (non-hydrogen) atoms. The summed E-state index contributed by atoms with van der Waals surface area (Å²) < 4.78 is 19.5. The van der Waals surface area contributed by atoms with Gasteiger partial charge in [-0.1, -0.05) is 60.2 Å². The summed E-state index contributed by atoms with van der Waals surface area (Å²) in [7, 11) is 0. The van der Waals surface area contributed by atoms with Gasteiger partial charge in [-0.25, -0.2) is 9.37 Å². The molecular weight excluding hydrogens is 401 g/mol. The number of aliphatic hydroxyl groups excluding tert-OH is 1. The molecule has 0 radical (unpaired) electrons. The number of nitrogens with zero attached hydrogens (tertiary/aromatic N) is 1. The summed E-state index contributed by atoms with van der Waals surface area (Å²) in [5, 5.41) is 11.6. The lowest BCUT2D eigenvalue weighted by molar-refractivity contribution is 0.219. The van der Waals surface area contributed by atoms with Crippen LogP contribution in [0, 0.1) is 5.82 Å². The van der Waals surface area contributed by atoms with E-state index in [-0.39, 0.29) is 11.6 Å². The molecule has 1 unspecified atom stereocenters. The number of hydrogen-bond acceptors (Lipinski definition) is 3. The van der Waals surface area contributed by atoms with E-state index in [2.05, 4.69) is 4.98 Å². The summed E-state index contributed by atoms with van der Waals surface area (Å²) >= 11 is 5.87. The highest BCUT2D eigenvalue weighted by Gasteiger charge is 2.19. The third kappa shape index (κ3) is 3.45. The molecule has 0 amide bonds. The van der Waals surface area contributed by atoms with Crippen molar-refractivity contribution in [2.45, 2.75) is 12.7 Å². The molecule has 1 aliphatic rings. The lowest BCUT2D eigenvalue weighted by Gasteiger charge is -2.16. The fourth-order valence-corrected chi connectivity index (χ4v) is 3.85. The number of pyridine rings is 1. The molecule has 3 aromatic carbocycles. The van der Waals surface area contributed by atoms with Gasteiger partial charge in [0.2, 0.25) is 0 Å². The molecule has 0 saturated carbocycles. The Morgan fingerprint density at radius 2 is 1.73 bits per heavy atom. The largest absolute Gasteiger partial charge is 0.487 e. The van der Waals surface area contributed by atoms with Gasteiger partial charge in [-0.2, -0.15) is 0 Å². The zero-order chi connectivity index (χ0) is 20.7. The average molecular weight is 418 g/mol. The van der Waals surface area contributed by atoms with Crippen LogP contribution in [-0.2, 0) is 6.61 Å². The third-order valence-electron chi connectivity index (χ3n) is 5.26. The number of rotatable bonds is 3. The maximum atomic E-state index is 13.6. The van der Waals surface area contributed by atoms with Gasteiger partial charge in [-0.3, -0.25) is 0 Å². The Hall–Kier alpha value is -3.21. The van der Waals surface area contributed by atoms with Gasteiger partial charge in [0.1, 0.15) is 24.3 Å². The van der Waals surface area contributed by atoms with Gasteiger partial charge in [0.15, 0.2) is 0 Å². The summed E-state index contributed by atoms with van der Waals surface area (Å²) in [4.78, 5) is 4.50. The number of halogens is 2. The van der Waals surface area contributed by atoms with Gasteiger partial charge in [-0.15, -0.1) is 0 Å². The van der Waals surface area contributed by atoms with Gasteiger partial charge in [-0.05, 0) is 52.6 Å². The van der Waals surface area contributed by atoms with E-state index in [1.807, 2.05) is 54.6 Å². The van der Waals surface area contributed by atoms with Gasteiger partial charge < -0.3 is 9.84 Å². The Morgan fingerprint density at radius 3 is 2.60 bits per heavy atom. The van der Waals surface area contributed by atoms with Gasteiger partial charge in [0, 0.05) is 5.39 Å². The molecule has 0 saturated heterocycles. The summed E-state index contributed by atoms with van der Waals surface area (Å²) in [5.41, 5.74) is 4.92. The van der Waals surface area contributed by atoms with Gasteiger partial charge >= 0.3 is 0 Å². The Balaban J connectivity index is 1.40. The maximum Gasteiger partial charge on any atom is 0.142 e. The van der Waals surface area contributed by atoms with Crippen LogP contribution >= 0.6 is 11.6 Å². The molecule has 0 aliphatic heterocycles. The van der Waals surface area contributed by atoms with E-state index in [4.69, 9.17) is 16.3 Å². The molecule has 1 N–H and O–H groups in total. The first-order valence-electron chi connectivity index (χ1n) is 9.55. The number of aliphatic hydroxyl groups is 1. The van der Waals surface area contributed by atoms with Gasteiger partial charge in [0.05, 0.1) is 16.2 Å². The minimum absolute atomic E-state index is 0.0427. The van der Waals surface area contributed by atoms with Crippen LogP contribution in [0.5, 0.6) is 5.75 Å². The second-order valence-electron chi connectivity index (χ2n) is 7.21. The van der Waals surface area contributed by atoms with E-state index in [0.717, 1.165) is 22.3 Å². The van der Waals surface area contributed by atoms with E-state index >= 15 is 0 Å². The van der Waals surface area contributed by atoms with E-state index in [1.165, 1.54) is 12.1 Å². The second-order valence-corrected chi connectivity index (χ2v) is 7.61. The fourth-order valence-electron chi connectivity index (χ4n) is 3.69. The first-order valence-corrected chi connectivity index (χ1v) is 9.93. The van der Waals surface area contributed by atoms with Crippen molar-refractivity contribution in [3.8, 4) is 5.75 Å². The normalized spacial score (nSPS) is 14.8. The minimum Gasteiger partial charge on any atom is -0.487 e. The molecule has 1 atom stereocenters. The number of hydrogen-bond donors (Lipinski definition) is 1. The highest BCUT2D eigenvalue weighted by atomic mass is 35.5. The molecular formula is C25H17ClFNO2. The lowest BCUT2D eigenvalue weighted by Crippen LogP contribution is -2.04. The molecule has 0 bridgehead atoms. The summed E-state index contributed by atoms with van der Waals surface area (Å²) in [6.45, 7) is 0.242. The second kappa shape index (κ2) is 7.56. The number of fused-ring (bicyclic) bond motifs is 3. The molecule has 1 heterocycles. The molecule has 0 fully saturated rings. The standard InChI is InChI=1S/C25H17ClFNO2/c26-22-13-24-17(11-23(22)27)7-9-18(28-24)14-30-19-10-8-16-6-5-15-3-1-2-4-20(15)25(29)21(16)12-19/h1-13,25,29H,14H2. The van der Waals surface area contributed by atoms with E-state index in [9.17, 15) is 9.50 Å². The number of ether oxygens (including phenoxy) is 1. The molecule has 3 nitrogen and oxygen atoms in total. The quantitative estimate of drug-likeness (QED) is 0.433. The molecule has 5 heteroatoms. The maximum absolute atomic E-state index is 13.6. The first-order chi connectivity index (χ1) is 14.6. The van der Waals surface area contributed by atoms with Crippen molar-refractivity contribution in [3.05, 3.63) is 106 Å². The lowest BCUT2D eigenvalue weighted by atomic mass is 9.96. The highest BCUT2D eigenvalue weighted by molar-refractivity contribution is 6.31. The molecule has 0 spiro atoms. The van der Waals surface area contributed by atoms with E-state index < -0.39 is 11.9 Å². The first kappa shape index (κ1) is 18.8. The fraction of sp³-hybridized carbons (Fsp3) is 0.0800. The zero-order valence-electron chi connectivity index (χ0n) is 15.8. The third-order valence-corrected chi connectivity index (χ3v) is 5.55. The summed E-state index contributed by atoms with van der Waals surface area (Å²) in [5.74, 6) is 0.175. The van der Waals surface area contributed by atoms with Crippen LogP contribution in [0.1, 0.15) is 34.1 Å². The van der Waals surface area contributed by atoms with Crippen LogP contribution in [0.4, 0.5) is 4.39 Å².